The summed E-state index contributed by atoms with van der Waals surface area (Å²) in [5, 5.41) is 4.22. The lowest BCUT2D eigenvalue weighted by atomic mass is 10.1. The van der Waals surface area contributed by atoms with E-state index in [-0.39, 0.29) is 11.9 Å². The molecule has 9 heteroatoms. The number of halogens is 1. The molecule has 1 aromatic heterocycles. The van der Waals surface area contributed by atoms with E-state index in [0.717, 1.165) is 17.2 Å². The average molecular weight is 410 g/mol. The molecule has 27 heavy (non-hydrogen) atoms. The minimum absolute atomic E-state index is 0.0487. The van der Waals surface area contributed by atoms with Gasteiger partial charge in [-0.05, 0) is 19.9 Å². The minimum atomic E-state index is -3.25. The molecule has 0 unspecified atom stereocenters. The fourth-order valence-electron chi connectivity index (χ4n) is 2.15. The molecule has 0 saturated heterocycles. The van der Waals surface area contributed by atoms with E-state index in [1.54, 1.807) is 13.0 Å². The Labute approximate surface area is 163 Å². The van der Waals surface area contributed by atoms with Crippen LogP contribution in [0.2, 0.25) is 5.02 Å². The highest BCUT2D eigenvalue weighted by Crippen LogP contribution is 2.26. The first kappa shape index (κ1) is 20.9. The smallest absolute Gasteiger partial charge is 0.289 e. The molecule has 2 aromatic rings. The molecule has 0 aliphatic heterocycles. The number of amides is 1. The molecule has 0 saturated carbocycles. The van der Waals surface area contributed by atoms with Gasteiger partial charge in [0.15, 0.2) is 15.6 Å². The Kier molecular flexibility index (Phi) is 6.92. The Hall–Kier alpha value is -2.45. The van der Waals surface area contributed by atoms with Crippen molar-refractivity contribution in [3.8, 4) is 5.75 Å². The second-order valence-electron chi connectivity index (χ2n) is 5.94. The summed E-state index contributed by atoms with van der Waals surface area (Å²) in [6.45, 7) is 3.49. The number of nitrogens with one attached hydrogen (secondary N) is 1. The lowest BCUT2D eigenvalue weighted by molar-refractivity contribution is 0.0936. The van der Waals surface area contributed by atoms with Gasteiger partial charge in [-0.15, -0.1) is 0 Å². The molecule has 144 valence electrons. The van der Waals surface area contributed by atoms with Crippen molar-refractivity contribution < 1.29 is 17.9 Å². The standard InChI is InChI=1S/C18H20ClN3O4S/c1-12(8-9-27(3,24)25)22-18(23)17-20-10-14(11-21-17)26-13(2)15-6-4-5-7-16(15)19/h4-13H,1-3H3,(H,22,23)/b9-8+/t12-,13+/m1/s1. The predicted octanol–water partition coefficient (Wildman–Crippen LogP) is 2.95. The zero-order valence-corrected chi connectivity index (χ0v) is 16.7. The average Bonchev–Trinajstić information content (AvgIpc) is 2.60. The lowest BCUT2D eigenvalue weighted by Crippen LogP contribution is -2.32. The summed E-state index contributed by atoms with van der Waals surface area (Å²) in [5.41, 5.74) is 0.826. The Bertz CT molecular complexity index is 930. The maximum absolute atomic E-state index is 12.1. The van der Waals surface area contributed by atoms with Crippen molar-refractivity contribution in [2.24, 2.45) is 0 Å². The highest BCUT2D eigenvalue weighted by atomic mass is 35.5. The zero-order valence-electron chi connectivity index (χ0n) is 15.1. The quantitative estimate of drug-likeness (QED) is 0.754. The zero-order chi connectivity index (χ0) is 20.0. The van der Waals surface area contributed by atoms with Crippen molar-refractivity contribution in [1.82, 2.24) is 15.3 Å². The van der Waals surface area contributed by atoms with Crippen molar-refractivity contribution in [2.75, 3.05) is 6.26 Å². The first-order valence-corrected chi connectivity index (χ1v) is 10.4. The van der Waals surface area contributed by atoms with Gasteiger partial charge in [0.25, 0.3) is 5.91 Å². The van der Waals surface area contributed by atoms with Gasteiger partial charge >= 0.3 is 0 Å². The summed E-state index contributed by atoms with van der Waals surface area (Å²) in [5.74, 6) is -0.178. The van der Waals surface area contributed by atoms with Gasteiger partial charge in [-0.2, -0.15) is 0 Å². The third-order valence-corrected chi connectivity index (χ3v) is 4.46. The van der Waals surface area contributed by atoms with Crippen molar-refractivity contribution >= 4 is 27.3 Å². The van der Waals surface area contributed by atoms with Crippen LogP contribution < -0.4 is 10.1 Å². The molecule has 0 bridgehead atoms. The fraction of sp³-hybridized carbons (Fsp3) is 0.278. The van der Waals surface area contributed by atoms with Crippen LogP contribution >= 0.6 is 11.6 Å². The molecule has 0 aliphatic rings. The summed E-state index contributed by atoms with van der Waals surface area (Å²) in [4.78, 5) is 20.1. The number of ether oxygens (including phenoxy) is 1. The van der Waals surface area contributed by atoms with E-state index in [0.29, 0.717) is 10.8 Å². The Morgan fingerprint density at radius 1 is 1.22 bits per heavy atom. The first-order chi connectivity index (χ1) is 12.7. The number of hydrogen-bond donors (Lipinski definition) is 1. The van der Waals surface area contributed by atoms with Crippen molar-refractivity contribution in [2.45, 2.75) is 26.0 Å². The Morgan fingerprint density at radius 2 is 1.85 bits per heavy atom. The lowest BCUT2D eigenvalue weighted by Gasteiger charge is -2.16. The third kappa shape index (κ3) is 6.65. The molecule has 1 heterocycles. The van der Waals surface area contributed by atoms with Crippen LogP contribution in [-0.4, -0.2) is 36.6 Å². The topological polar surface area (TPSA) is 98.2 Å². The van der Waals surface area contributed by atoms with E-state index in [9.17, 15) is 13.2 Å². The van der Waals surface area contributed by atoms with Gasteiger partial charge in [0, 0.05) is 28.3 Å². The number of nitrogens with zero attached hydrogens (tertiary/aromatic N) is 2. The highest BCUT2D eigenvalue weighted by Gasteiger charge is 2.14. The van der Waals surface area contributed by atoms with Gasteiger partial charge < -0.3 is 10.1 Å². The van der Waals surface area contributed by atoms with Crippen LogP contribution in [0.5, 0.6) is 5.75 Å². The summed E-state index contributed by atoms with van der Waals surface area (Å²) >= 11 is 6.15. The first-order valence-electron chi connectivity index (χ1n) is 8.08. The molecule has 0 aliphatic carbocycles. The Balaban J connectivity index is 1.99. The predicted molar refractivity (Wildman–Crippen MR) is 103 cm³/mol. The second-order valence-corrected chi connectivity index (χ2v) is 8.28. The molecule has 1 N–H and O–H groups in total. The number of hydrogen-bond acceptors (Lipinski definition) is 6. The SMILES string of the molecule is C[C@H](/C=C/S(C)(=O)=O)NC(=O)c1ncc(O[C@@H](C)c2ccccc2Cl)cn1. The number of rotatable bonds is 7. The van der Waals surface area contributed by atoms with E-state index in [4.69, 9.17) is 16.3 Å². The van der Waals surface area contributed by atoms with E-state index >= 15 is 0 Å². The molecular weight excluding hydrogens is 390 g/mol. The van der Waals surface area contributed by atoms with Gasteiger partial charge in [0.1, 0.15) is 6.10 Å². The fourth-order valence-corrected chi connectivity index (χ4v) is 2.96. The highest BCUT2D eigenvalue weighted by molar-refractivity contribution is 7.93. The van der Waals surface area contributed by atoms with Crippen molar-refractivity contribution in [1.29, 1.82) is 0 Å². The van der Waals surface area contributed by atoms with Gasteiger partial charge in [0.2, 0.25) is 5.82 Å². The molecule has 0 fully saturated rings. The molecule has 0 radical (unpaired) electrons. The van der Waals surface area contributed by atoms with Gasteiger partial charge in [-0.1, -0.05) is 35.9 Å². The maximum atomic E-state index is 12.1. The van der Waals surface area contributed by atoms with E-state index in [1.807, 2.05) is 25.1 Å². The normalized spacial score (nSPS) is 13.9. The summed E-state index contributed by atoms with van der Waals surface area (Å²) in [7, 11) is -3.25. The second kappa shape index (κ2) is 8.96. The van der Waals surface area contributed by atoms with E-state index < -0.39 is 21.8 Å². The third-order valence-electron chi connectivity index (χ3n) is 3.46. The number of sulfone groups is 1. The number of aromatic nitrogens is 2. The van der Waals surface area contributed by atoms with Crippen LogP contribution in [0.4, 0.5) is 0 Å². The minimum Gasteiger partial charge on any atom is -0.483 e. The monoisotopic (exact) mass is 409 g/mol. The Morgan fingerprint density at radius 3 is 2.44 bits per heavy atom. The molecule has 0 spiro atoms. The van der Waals surface area contributed by atoms with Crippen LogP contribution in [0.15, 0.2) is 48.1 Å². The number of carbonyl (C=O) groups excluding carboxylic acids is 1. The molecule has 1 aromatic carbocycles. The largest absolute Gasteiger partial charge is 0.483 e. The molecule has 7 nitrogen and oxygen atoms in total. The van der Waals surface area contributed by atoms with Crippen LogP contribution in [0.25, 0.3) is 0 Å². The van der Waals surface area contributed by atoms with Crippen molar-refractivity contribution in [3.63, 3.8) is 0 Å². The molecule has 2 rings (SSSR count). The van der Waals surface area contributed by atoms with Gasteiger partial charge in [-0.25, -0.2) is 18.4 Å². The molecular formula is C18H20ClN3O4S. The molecule has 1 amide bonds. The summed E-state index contributed by atoms with van der Waals surface area (Å²) < 4.78 is 27.9. The number of benzene rings is 1. The summed E-state index contributed by atoms with van der Waals surface area (Å²) in [6, 6.07) is 6.85. The van der Waals surface area contributed by atoms with Crippen LogP contribution in [0.1, 0.15) is 36.1 Å². The van der Waals surface area contributed by atoms with Crippen LogP contribution in [0.3, 0.4) is 0 Å². The van der Waals surface area contributed by atoms with E-state index in [1.165, 1.54) is 18.5 Å². The van der Waals surface area contributed by atoms with Gasteiger partial charge in [0.05, 0.1) is 12.4 Å². The number of carbonyl (C=O) groups is 1. The van der Waals surface area contributed by atoms with Crippen molar-refractivity contribution in [3.05, 3.63) is 64.6 Å². The van der Waals surface area contributed by atoms with Crippen LogP contribution in [-0.2, 0) is 9.84 Å². The summed E-state index contributed by atoms with van der Waals surface area (Å²) in [6.07, 6.45) is 4.92. The molecule has 2 atom stereocenters. The van der Waals surface area contributed by atoms with E-state index in [2.05, 4.69) is 15.3 Å². The van der Waals surface area contributed by atoms with Gasteiger partial charge in [-0.3, -0.25) is 4.79 Å². The maximum Gasteiger partial charge on any atom is 0.289 e. The van der Waals surface area contributed by atoms with Crippen LogP contribution in [0, 0.1) is 0 Å².